The summed E-state index contributed by atoms with van der Waals surface area (Å²) in [5, 5.41) is 0. The van der Waals surface area contributed by atoms with E-state index in [-0.39, 0.29) is 24.1 Å². The van der Waals surface area contributed by atoms with Gasteiger partial charge < -0.3 is 10.6 Å². The molecule has 5 heteroatoms. The lowest BCUT2D eigenvalue weighted by Crippen LogP contribution is -2.39. The van der Waals surface area contributed by atoms with E-state index in [9.17, 15) is 13.6 Å². The zero-order chi connectivity index (χ0) is 13.9. The summed E-state index contributed by atoms with van der Waals surface area (Å²) in [5.74, 6) is -1.89. The Morgan fingerprint density at radius 3 is 2.50 bits per heavy atom. The van der Waals surface area contributed by atoms with Gasteiger partial charge in [-0.3, -0.25) is 4.79 Å². The maximum absolute atomic E-state index is 13.6. The van der Waals surface area contributed by atoms with Crippen LogP contribution in [0, 0.1) is 23.5 Å². The van der Waals surface area contributed by atoms with Gasteiger partial charge in [-0.15, -0.1) is 0 Å². The predicted molar refractivity (Wildman–Crippen MR) is 67.2 cm³/mol. The lowest BCUT2D eigenvalue weighted by Gasteiger charge is -2.25. The number of carbonyl (C=O) groups excluding carboxylic acids is 1. The van der Waals surface area contributed by atoms with Crippen LogP contribution < -0.4 is 10.6 Å². The van der Waals surface area contributed by atoms with E-state index < -0.39 is 17.6 Å². The Balaban J connectivity index is 3.02. The third-order valence-electron chi connectivity index (χ3n) is 2.98. The molecule has 0 spiro atoms. The number of carbonyl (C=O) groups is 1. The number of hydrogen-bond acceptors (Lipinski definition) is 2. The number of amides is 1. The number of anilines is 1. The third kappa shape index (κ3) is 3.04. The van der Waals surface area contributed by atoms with Crippen LogP contribution in [0.25, 0.3) is 0 Å². The first-order chi connectivity index (χ1) is 8.38. The molecule has 3 nitrogen and oxygen atoms in total. The molecule has 0 aromatic heterocycles. The van der Waals surface area contributed by atoms with Gasteiger partial charge in [0.1, 0.15) is 11.6 Å². The summed E-state index contributed by atoms with van der Waals surface area (Å²) in [6.07, 6.45) is 0. The zero-order valence-electron chi connectivity index (χ0n) is 10.8. The molecule has 0 aliphatic heterocycles. The van der Waals surface area contributed by atoms with Gasteiger partial charge in [0.05, 0.1) is 11.6 Å². The molecule has 0 saturated carbocycles. The lowest BCUT2D eigenvalue weighted by molar-refractivity contribution is -0.123. The molecule has 0 bridgehead atoms. The van der Waals surface area contributed by atoms with E-state index in [0.717, 1.165) is 23.1 Å². The first-order valence-corrected chi connectivity index (χ1v) is 5.81. The fourth-order valence-corrected chi connectivity index (χ4v) is 1.77. The Morgan fingerprint density at radius 2 is 2.00 bits per heavy atom. The van der Waals surface area contributed by atoms with Gasteiger partial charge in [-0.1, -0.05) is 13.8 Å². The molecule has 2 N–H and O–H groups in total. The molecule has 0 aliphatic rings. The van der Waals surface area contributed by atoms with Crippen molar-refractivity contribution in [3.05, 3.63) is 29.8 Å². The highest BCUT2D eigenvalue weighted by molar-refractivity contribution is 5.94. The minimum Gasteiger partial charge on any atom is -0.330 e. The number of nitrogens with two attached hydrogens (primary N) is 1. The molecular formula is C13H18F2N2O. The molecule has 100 valence electrons. The maximum atomic E-state index is 13.6. The molecule has 0 aliphatic carbocycles. The number of hydrogen-bond donors (Lipinski definition) is 1. The molecule has 1 amide bonds. The molecule has 1 unspecified atom stereocenters. The van der Waals surface area contributed by atoms with Crippen molar-refractivity contribution in [2.75, 3.05) is 18.5 Å². The quantitative estimate of drug-likeness (QED) is 0.897. The van der Waals surface area contributed by atoms with Crippen LogP contribution in [0.4, 0.5) is 14.5 Å². The van der Waals surface area contributed by atoms with Crippen LogP contribution in [-0.2, 0) is 4.79 Å². The fraction of sp³-hybridized carbons (Fsp3) is 0.462. The number of halogens is 2. The topological polar surface area (TPSA) is 46.3 Å². The molecule has 0 saturated heterocycles. The van der Waals surface area contributed by atoms with Gasteiger partial charge in [-0.05, 0) is 18.1 Å². The Labute approximate surface area is 106 Å². The number of rotatable bonds is 4. The molecule has 0 radical (unpaired) electrons. The van der Waals surface area contributed by atoms with Crippen LogP contribution in [0.5, 0.6) is 0 Å². The van der Waals surface area contributed by atoms with Crippen LogP contribution >= 0.6 is 0 Å². The minimum absolute atomic E-state index is 0.0431. The monoisotopic (exact) mass is 256 g/mol. The average Bonchev–Trinajstić information content (AvgIpc) is 2.31. The number of benzene rings is 1. The van der Waals surface area contributed by atoms with Crippen LogP contribution in [0.1, 0.15) is 13.8 Å². The first-order valence-electron chi connectivity index (χ1n) is 5.81. The molecule has 0 heterocycles. The summed E-state index contributed by atoms with van der Waals surface area (Å²) in [6, 6.07) is 3.02. The highest BCUT2D eigenvalue weighted by Gasteiger charge is 2.26. The molecular weight excluding hydrogens is 238 g/mol. The zero-order valence-corrected chi connectivity index (χ0v) is 10.8. The van der Waals surface area contributed by atoms with E-state index in [1.54, 1.807) is 0 Å². The van der Waals surface area contributed by atoms with Crippen LogP contribution in [0.15, 0.2) is 18.2 Å². The SMILES string of the molecule is CC(C)C(CN)C(=O)N(C)c1cc(F)ccc1F. The van der Waals surface area contributed by atoms with Gasteiger partial charge in [0.15, 0.2) is 0 Å². The Morgan fingerprint density at radius 1 is 1.39 bits per heavy atom. The van der Waals surface area contributed by atoms with Gasteiger partial charge in [0.2, 0.25) is 5.91 Å². The summed E-state index contributed by atoms with van der Waals surface area (Å²) in [4.78, 5) is 13.3. The summed E-state index contributed by atoms with van der Waals surface area (Å²) in [7, 11) is 1.42. The fourth-order valence-electron chi connectivity index (χ4n) is 1.77. The van der Waals surface area contributed by atoms with Crippen LogP contribution in [0.2, 0.25) is 0 Å². The number of nitrogens with zero attached hydrogens (tertiary/aromatic N) is 1. The summed E-state index contributed by atoms with van der Waals surface area (Å²) in [6.45, 7) is 3.91. The second kappa shape index (κ2) is 5.91. The van der Waals surface area contributed by atoms with E-state index in [1.807, 2.05) is 13.8 Å². The second-order valence-corrected chi connectivity index (χ2v) is 4.58. The summed E-state index contributed by atoms with van der Waals surface area (Å²) in [5.41, 5.74) is 5.47. The van der Waals surface area contributed by atoms with Gasteiger partial charge in [0.25, 0.3) is 0 Å². The predicted octanol–water partition coefficient (Wildman–Crippen LogP) is 2.16. The maximum Gasteiger partial charge on any atom is 0.231 e. The standard InChI is InChI=1S/C13H18F2N2O/c1-8(2)10(7-16)13(18)17(3)12-6-9(14)4-5-11(12)15/h4-6,8,10H,7,16H2,1-3H3. The second-order valence-electron chi connectivity index (χ2n) is 4.58. The van der Waals surface area contributed by atoms with Crippen molar-refractivity contribution in [2.24, 2.45) is 17.6 Å². The van der Waals surface area contributed by atoms with Crippen molar-refractivity contribution < 1.29 is 13.6 Å². The molecule has 1 aromatic rings. The van der Waals surface area contributed by atoms with Crippen molar-refractivity contribution in [1.82, 2.24) is 0 Å². The summed E-state index contributed by atoms with van der Waals surface area (Å²) < 4.78 is 26.6. The molecule has 1 aromatic carbocycles. The van der Waals surface area contributed by atoms with Crippen LogP contribution in [0.3, 0.4) is 0 Å². The van der Waals surface area contributed by atoms with Gasteiger partial charge in [0, 0.05) is 19.7 Å². The summed E-state index contributed by atoms with van der Waals surface area (Å²) >= 11 is 0. The van der Waals surface area contributed by atoms with Gasteiger partial charge in [-0.2, -0.15) is 0 Å². The van der Waals surface area contributed by atoms with Crippen molar-refractivity contribution in [3.8, 4) is 0 Å². The normalized spacial score (nSPS) is 12.6. The minimum atomic E-state index is -0.633. The van der Waals surface area contributed by atoms with Crippen LogP contribution in [-0.4, -0.2) is 19.5 Å². The smallest absolute Gasteiger partial charge is 0.231 e. The van der Waals surface area contributed by atoms with E-state index in [2.05, 4.69) is 0 Å². The molecule has 1 rings (SSSR count). The lowest BCUT2D eigenvalue weighted by atomic mass is 9.94. The van der Waals surface area contributed by atoms with Gasteiger partial charge in [-0.25, -0.2) is 8.78 Å². The van der Waals surface area contributed by atoms with Crippen molar-refractivity contribution in [1.29, 1.82) is 0 Å². The van der Waals surface area contributed by atoms with Crippen molar-refractivity contribution in [2.45, 2.75) is 13.8 Å². The highest BCUT2D eigenvalue weighted by atomic mass is 19.1. The highest BCUT2D eigenvalue weighted by Crippen LogP contribution is 2.22. The first kappa shape index (κ1) is 14.6. The van der Waals surface area contributed by atoms with Gasteiger partial charge >= 0.3 is 0 Å². The molecule has 18 heavy (non-hydrogen) atoms. The van der Waals surface area contributed by atoms with E-state index in [1.165, 1.54) is 7.05 Å². The van der Waals surface area contributed by atoms with E-state index in [0.29, 0.717) is 0 Å². The largest absolute Gasteiger partial charge is 0.330 e. The Bertz CT molecular complexity index is 435. The average molecular weight is 256 g/mol. The Hall–Kier alpha value is -1.49. The molecule has 0 fully saturated rings. The van der Waals surface area contributed by atoms with E-state index >= 15 is 0 Å². The molecule has 1 atom stereocenters. The van der Waals surface area contributed by atoms with E-state index in [4.69, 9.17) is 5.73 Å². The van der Waals surface area contributed by atoms with Crippen molar-refractivity contribution >= 4 is 11.6 Å². The Kier molecular flexibility index (Phi) is 4.78. The third-order valence-corrected chi connectivity index (χ3v) is 2.98. The van der Waals surface area contributed by atoms with Crippen molar-refractivity contribution in [3.63, 3.8) is 0 Å².